The van der Waals surface area contributed by atoms with Gasteiger partial charge in [0.15, 0.2) is 6.26 Å². The summed E-state index contributed by atoms with van der Waals surface area (Å²) in [6.45, 7) is -0.191. The van der Waals surface area contributed by atoms with E-state index in [1.165, 1.54) is 6.08 Å². The highest BCUT2D eigenvalue weighted by atomic mass is 31.1. The lowest BCUT2D eigenvalue weighted by atomic mass is 10.7. The SMILES string of the molecule is O=[P+](O)OC=CCO. The summed E-state index contributed by atoms with van der Waals surface area (Å²) >= 11 is 0. The summed E-state index contributed by atoms with van der Waals surface area (Å²) < 4.78 is 13.7. The molecule has 0 aromatic carbocycles. The molecular formula is C3H6O4P+. The summed E-state index contributed by atoms with van der Waals surface area (Å²) in [6.07, 6.45) is 2.18. The van der Waals surface area contributed by atoms with E-state index >= 15 is 0 Å². The van der Waals surface area contributed by atoms with Crippen molar-refractivity contribution in [2.24, 2.45) is 0 Å². The second-order valence-electron chi connectivity index (χ2n) is 0.898. The second kappa shape index (κ2) is 4.71. The van der Waals surface area contributed by atoms with Crippen LogP contribution in [-0.4, -0.2) is 16.6 Å². The van der Waals surface area contributed by atoms with Gasteiger partial charge in [0.05, 0.1) is 6.61 Å². The Hall–Kier alpha value is -0.440. The van der Waals surface area contributed by atoms with Crippen LogP contribution in [0.1, 0.15) is 0 Å². The summed E-state index contributed by atoms with van der Waals surface area (Å²) in [6, 6.07) is 0. The van der Waals surface area contributed by atoms with Crippen LogP contribution in [0.15, 0.2) is 12.3 Å². The van der Waals surface area contributed by atoms with Crippen LogP contribution in [0, 0.1) is 0 Å². The van der Waals surface area contributed by atoms with E-state index in [0.717, 1.165) is 6.26 Å². The molecule has 0 aromatic heterocycles. The zero-order valence-corrected chi connectivity index (χ0v) is 4.91. The van der Waals surface area contributed by atoms with Gasteiger partial charge in [0.2, 0.25) is 0 Å². The fourth-order valence-electron chi connectivity index (χ4n) is 0.138. The fraction of sp³-hybridized carbons (Fsp3) is 0.333. The number of aliphatic hydroxyl groups excluding tert-OH is 1. The molecule has 0 bridgehead atoms. The molecule has 0 aliphatic heterocycles. The first kappa shape index (κ1) is 7.56. The zero-order valence-electron chi connectivity index (χ0n) is 4.02. The van der Waals surface area contributed by atoms with Crippen molar-refractivity contribution in [2.45, 2.75) is 0 Å². The molecule has 0 aliphatic rings. The van der Waals surface area contributed by atoms with Crippen LogP contribution in [0.3, 0.4) is 0 Å². The highest BCUT2D eigenvalue weighted by Crippen LogP contribution is 2.13. The Labute approximate surface area is 47.4 Å². The van der Waals surface area contributed by atoms with Crippen LogP contribution in [0.25, 0.3) is 0 Å². The minimum atomic E-state index is -2.56. The van der Waals surface area contributed by atoms with Gasteiger partial charge >= 0.3 is 8.25 Å². The molecule has 2 N–H and O–H groups in total. The van der Waals surface area contributed by atoms with Crippen molar-refractivity contribution >= 4 is 8.25 Å². The van der Waals surface area contributed by atoms with Gasteiger partial charge in [0.1, 0.15) is 0 Å². The second-order valence-corrected chi connectivity index (χ2v) is 1.58. The molecule has 0 saturated carbocycles. The molecule has 0 fully saturated rings. The molecule has 5 heteroatoms. The molecule has 0 heterocycles. The minimum Gasteiger partial charge on any atom is -0.392 e. The van der Waals surface area contributed by atoms with Crippen molar-refractivity contribution in [3.8, 4) is 0 Å². The molecule has 0 aliphatic carbocycles. The van der Waals surface area contributed by atoms with Crippen LogP contribution in [0.2, 0.25) is 0 Å². The van der Waals surface area contributed by atoms with E-state index in [2.05, 4.69) is 4.52 Å². The Balaban J connectivity index is 3.16. The molecule has 0 radical (unpaired) electrons. The summed E-state index contributed by atoms with van der Waals surface area (Å²) in [4.78, 5) is 7.93. The van der Waals surface area contributed by atoms with E-state index in [1.807, 2.05) is 0 Å². The lowest BCUT2D eigenvalue weighted by Gasteiger charge is -1.72. The van der Waals surface area contributed by atoms with Crippen LogP contribution in [-0.2, 0) is 9.09 Å². The lowest BCUT2D eigenvalue weighted by Crippen LogP contribution is -1.70. The average Bonchev–Trinajstić information content (AvgIpc) is 1.66. The number of aliphatic hydroxyl groups is 1. The van der Waals surface area contributed by atoms with Gasteiger partial charge in [-0.15, -0.1) is 4.89 Å². The molecule has 0 saturated heterocycles. The lowest BCUT2D eigenvalue weighted by molar-refractivity contribution is 0.334. The first-order valence-electron chi connectivity index (χ1n) is 1.86. The first-order chi connectivity index (χ1) is 3.77. The highest BCUT2D eigenvalue weighted by Gasteiger charge is 2.06. The molecule has 0 rings (SSSR count). The predicted molar refractivity (Wildman–Crippen MR) is 27.1 cm³/mol. The molecule has 46 valence electrons. The van der Waals surface area contributed by atoms with Crippen molar-refractivity contribution in [2.75, 3.05) is 6.61 Å². The van der Waals surface area contributed by atoms with Gasteiger partial charge in [-0.05, 0) is 6.08 Å². The maximum absolute atomic E-state index is 9.67. The van der Waals surface area contributed by atoms with E-state index in [-0.39, 0.29) is 6.61 Å². The molecule has 0 aromatic rings. The normalized spacial score (nSPS) is 12.0. The third-order valence-electron chi connectivity index (χ3n) is 0.353. The van der Waals surface area contributed by atoms with Crippen molar-refractivity contribution in [1.29, 1.82) is 0 Å². The fourth-order valence-corrected chi connectivity index (χ4v) is 0.328. The molecular weight excluding hydrogens is 131 g/mol. The minimum absolute atomic E-state index is 0.191. The van der Waals surface area contributed by atoms with Gasteiger partial charge in [-0.2, -0.15) is 0 Å². The third kappa shape index (κ3) is 5.56. The maximum Gasteiger partial charge on any atom is 0.746 e. The Morgan fingerprint density at radius 1 is 1.75 bits per heavy atom. The van der Waals surface area contributed by atoms with Crippen molar-refractivity contribution in [1.82, 2.24) is 0 Å². The van der Waals surface area contributed by atoms with Crippen molar-refractivity contribution in [3.63, 3.8) is 0 Å². The quantitative estimate of drug-likeness (QED) is 0.429. The Morgan fingerprint density at radius 3 is 2.75 bits per heavy atom. The molecule has 4 nitrogen and oxygen atoms in total. The molecule has 1 atom stereocenters. The Kier molecular flexibility index (Phi) is 4.45. The first-order valence-corrected chi connectivity index (χ1v) is 2.99. The van der Waals surface area contributed by atoms with Gasteiger partial charge < -0.3 is 5.11 Å². The highest BCUT2D eigenvalue weighted by molar-refractivity contribution is 7.32. The van der Waals surface area contributed by atoms with Gasteiger partial charge in [0.25, 0.3) is 0 Å². The topological polar surface area (TPSA) is 66.8 Å². The number of rotatable bonds is 3. The predicted octanol–water partition coefficient (Wildman–Crippen LogP) is 0.159. The van der Waals surface area contributed by atoms with Crippen LogP contribution in [0.5, 0.6) is 0 Å². The van der Waals surface area contributed by atoms with Gasteiger partial charge in [0, 0.05) is 4.57 Å². The Bertz CT molecular complexity index is 99.5. The largest absolute Gasteiger partial charge is 0.746 e. The smallest absolute Gasteiger partial charge is 0.392 e. The summed E-state index contributed by atoms with van der Waals surface area (Å²) in [5.41, 5.74) is 0. The van der Waals surface area contributed by atoms with Gasteiger partial charge in [-0.1, -0.05) is 0 Å². The molecule has 8 heavy (non-hydrogen) atoms. The van der Waals surface area contributed by atoms with E-state index in [0.29, 0.717) is 0 Å². The van der Waals surface area contributed by atoms with Crippen molar-refractivity contribution in [3.05, 3.63) is 12.3 Å². The van der Waals surface area contributed by atoms with Crippen LogP contribution in [0.4, 0.5) is 0 Å². The number of hydrogen-bond acceptors (Lipinski definition) is 3. The average molecular weight is 137 g/mol. The van der Waals surface area contributed by atoms with Gasteiger partial charge in [-0.25, -0.2) is 4.52 Å². The monoisotopic (exact) mass is 137 g/mol. The third-order valence-corrected chi connectivity index (χ3v) is 0.655. The summed E-state index contributed by atoms with van der Waals surface area (Å²) in [7, 11) is -2.56. The van der Waals surface area contributed by atoms with E-state index in [9.17, 15) is 4.57 Å². The van der Waals surface area contributed by atoms with Crippen LogP contribution < -0.4 is 0 Å². The Morgan fingerprint density at radius 2 is 2.38 bits per heavy atom. The molecule has 1 unspecified atom stereocenters. The maximum atomic E-state index is 9.67. The van der Waals surface area contributed by atoms with Gasteiger partial charge in [-0.3, -0.25) is 0 Å². The number of hydrogen-bond donors (Lipinski definition) is 2. The van der Waals surface area contributed by atoms with Crippen molar-refractivity contribution < 1.29 is 19.1 Å². The van der Waals surface area contributed by atoms with E-state index in [1.54, 1.807) is 0 Å². The van der Waals surface area contributed by atoms with E-state index in [4.69, 9.17) is 10.00 Å². The summed E-state index contributed by atoms with van der Waals surface area (Å²) in [5, 5.41) is 8.04. The zero-order chi connectivity index (χ0) is 6.41. The standard InChI is InChI=1S/C3H5O4P/c4-2-1-3-7-8(5)6/h1,3-4H,2H2/p+1. The molecule has 0 spiro atoms. The van der Waals surface area contributed by atoms with Crippen LogP contribution >= 0.6 is 8.25 Å². The van der Waals surface area contributed by atoms with E-state index < -0.39 is 8.25 Å². The summed E-state index contributed by atoms with van der Waals surface area (Å²) in [5.74, 6) is 0. The molecule has 0 amide bonds.